The molecule has 0 spiro atoms. The highest BCUT2D eigenvalue weighted by Crippen LogP contribution is 2.42. The van der Waals surface area contributed by atoms with Crippen LogP contribution in [0.3, 0.4) is 0 Å². The van der Waals surface area contributed by atoms with Crippen LogP contribution in [0.15, 0.2) is 6.07 Å². The summed E-state index contributed by atoms with van der Waals surface area (Å²) in [5, 5.41) is 0. The van der Waals surface area contributed by atoms with E-state index < -0.39 is 0 Å². The molecule has 1 saturated carbocycles. The monoisotopic (exact) mass is 249 g/mol. The van der Waals surface area contributed by atoms with E-state index in [1.54, 1.807) is 0 Å². The number of ether oxygens (including phenoxy) is 1. The molecule has 1 aliphatic rings. The van der Waals surface area contributed by atoms with Gasteiger partial charge in [-0.1, -0.05) is 13.8 Å². The molecule has 0 saturated heterocycles. The highest BCUT2D eigenvalue weighted by atomic mass is 16.5. The summed E-state index contributed by atoms with van der Waals surface area (Å²) in [5.41, 5.74) is 6.91. The van der Waals surface area contributed by atoms with Gasteiger partial charge in [0.25, 0.3) is 0 Å². The number of hydrogen-bond donors (Lipinski definition) is 1. The molecule has 2 rings (SSSR count). The topological polar surface area (TPSA) is 61.0 Å². The van der Waals surface area contributed by atoms with E-state index in [1.165, 1.54) is 12.8 Å². The molecular formula is C14H23N3O. The Kier molecular flexibility index (Phi) is 4.17. The number of rotatable bonds is 6. The lowest BCUT2D eigenvalue weighted by Gasteiger charge is -2.16. The molecule has 1 heterocycles. The second-order valence-electron chi connectivity index (χ2n) is 5.45. The molecule has 0 aliphatic heterocycles. The molecule has 1 aromatic rings. The summed E-state index contributed by atoms with van der Waals surface area (Å²) in [7, 11) is 0. The predicted molar refractivity (Wildman–Crippen MR) is 72.1 cm³/mol. The van der Waals surface area contributed by atoms with Crippen molar-refractivity contribution < 1.29 is 4.74 Å². The van der Waals surface area contributed by atoms with Gasteiger partial charge in [0.05, 0.1) is 0 Å². The number of nitrogens with zero attached hydrogens (tertiary/aromatic N) is 2. The molecule has 1 aromatic heterocycles. The minimum atomic E-state index is 0.0319. The van der Waals surface area contributed by atoms with Crippen LogP contribution in [0.1, 0.15) is 51.2 Å². The van der Waals surface area contributed by atoms with Crippen LogP contribution in [0.5, 0.6) is 0 Å². The van der Waals surface area contributed by atoms with Gasteiger partial charge < -0.3 is 10.5 Å². The highest BCUT2D eigenvalue weighted by molar-refractivity contribution is 5.30. The molecule has 100 valence electrons. The van der Waals surface area contributed by atoms with Crippen LogP contribution in [0.4, 0.5) is 5.82 Å². The zero-order valence-corrected chi connectivity index (χ0v) is 11.5. The SMILES string of the molecule is CCOC(c1nc(N)cc(CC(C)C)n1)C1CC1. The van der Waals surface area contributed by atoms with Gasteiger partial charge in [-0.3, -0.25) is 0 Å². The summed E-state index contributed by atoms with van der Waals surface area (Å²) < 4.78 is 5.79. The van der Waals surface area contributed by atoms with Crippen molar-refractivity contribution in [1.29, 1.82) is 0 Å². The van der Waals surface area contributed by atoms with Crippen LogP contribution < -0.4 is 5.73 Å². The average Bonchev–Trinajstić information content (AvgIpc) is 3.07. The molecule has 4 nitrogen and oxygen atoms in total. The molecule has 1 atom stereocenters. The second kappa shape index (κ2) is 5.65. The molecule has 2 N–H and O–H groups in total. The standard InChI is InChI=1S/C14H23N3O/c1-4-18-13(10-5-6-10)14-16-11(7-9(2)3)8-12(15)17-14/h8-10,13H,4-7H2,1-3H3,(H2,15,16,17). The van der Waals surface area contributed by atoms with Crippen molar-refractivity contribution >= 4 is 5.82 Å². The fourth-order valence-corrected chi connectivity index (χ4v) is 2.19. The van der Waals surface area contributed by atoms with Crippen molar-refractivity contribution in [2.75, 3.05) is 12.3 Å². The summed E-state index contributed by atoms with van der Waals surface area (Å²) in [4.78, 5) is 9.00. The predicted octanol–water partition coefficient (Wildman–Crippen LogP) is 2.74. The quantitative estimate of drug-likeness (QED) is 0.842. The Hall–Kier alpha value is -1.16. The first kappa shape index (κ1) is 13.3. The molecule has 0 aromatic carbocycles. The minimum Gasteiger partial charge on any atom is -0.384 e. The average molecular weight is 249 g/mol. The zero-order chi connectivity index (χ0) is 13.1. The molecule has 1 unspecified atom stereocenters. The lowest BCUT2D eigenvalue weighted by molar-refractivity contribution is 0.0399. The summed E-state index contributed by atoms with van der Waals surface area (Å²) in [5.74, 6) is 2.48. The Labute approximate surface area is 109 Å². The Bertz CT molecular complexity index is 402. The number of nitrogen functional groups attached to an aromatic ring is 1. The Morgan fingerprint density at radius 1 is 1.39 bits per heavy atom. The van der Waals surface area contributed by atoms with E-state index >= 15 is 0 Å². The third-order valence-corrected chi connectivity index (χ3v) is 3.08. The van der Waals surface area contributed by atoms with Gasteiger partial charge in [-0.2, -0.15) is 0 Å². The van der Waals surface area contributed by atoms with Crippen LogP contribution in [0.2, 0.25) is 0 Å². The Balaban J connectivity index is 2.22. The van der Waals surface area contributed by atoms with E-state index in [0.29, 0.717) is 24.3 Å². The summed E-state index contributed by atoms with van der Waals surface area (Å²) in [6, 6.07) is 1.87. The minimum absolute atomic E-state index is 0.0319. The second-order valence-corrected chi connectivity index (χ2v) is 5.45. The maximum absolute atomic E-state index is 5.88. The third-order valence-electron chi connectivity index (χ3n) is 3.08. The summed E-state index contributed by atoms with van der Waals surface area (Å²) >= 11 is 0. The fraction of sp³-hybridized carbons (Fsp3) is 0.714. The number of nitrogens with two attached hydrogens (primary N) is 1. The van der Waals surface area contributed by atoms with Gasteiger partial charge in [-0.15, -0.1) is 0 Å². The van der Waals surface area contributed by atoms with Crippen molar-refractivity contribution in [3.63, 3.8) is 0 Å². The first-order chi connectivity index (χ1) is 8.60. The van der Waals surface area contributed by atoms with Gasteiger partial charge in [0.15, 0.2) is 5.82 Å². The first-order valence-electron chi connectivity index (χ1n) is 6.85. The highest BCUT2D eigenvalue weighted by Gasteiger charge is 2.35. The number of hydrogen-bond acceptors (Lipinski definition) is 4. The fourth-order valence-electron chi connectivity index (χ4n) is 2.19. The van der Waals surface area contributed by atoms with E-state index in [2.05, 4.69) is 23.8 Å². The largest absolute Gasteiger partial charge is 0.384 e. The zero-order valence-electron chi connectivity index (χ0n) is 11.5. The maximum atomic E-state index is 5.88. The van der Waals surface area contributed by atoms with Crippen LogP contribution in [0, 0.1) is 11.8 Å². The van der Waals surface area contributed by atoms with Crippen molar-refractivity contribution in [1.82, 2.24) is 9.97 Å². The number of aromatic nitrogens is 2. The van der Waals surface area contributed by atoms with E-state index in [4.69, 9.17) is 10.5 Å². The molecule has 1 fully saturated rings. The molecular weight excluding hydrogens is 226 g/mol. The molecule has 4 heteroatoms. The normalized spacial score (nSPS) is 17.1. The molecule has 18 heavy (non-hydrogen) atoms. The number of anilines is 1. The molecule has 0 amide bonds. The van der Waals surface area contributed by atoms with E-state index in [-0.39, 0.29) is 6.10 Å². The van der Waals surface area contributed by atoms with Gasteiger partial charge in [-0.05, 0) is 38.0 Å². The smallest absolute Gasteiger partial charge is 0.160 e. The summed E-state index contributed by atoms with van der Waals surface area (Å²) in [6.07, 6.45) is 3.39. The van der Waals surface area contributed by atoms with Crippen LogP contribution >= 0.6 is 0 Å². The van der Waals surface area contributed by atoms with Crippen LogP contribution in [-0.2, 0) is 11.2 Å². The van der Waals surface area contributed by atoms with Gasteiger partial charge in [0, 0.05) is 18.4 Å². The van der Waals surface area contributed by atoms with E-state index in [9.17, 15) is 0 Å². The lowest BCUT2D eigenvalue weighted by atomic mass is 10.1. The van der Waals surface area contributed by atoms with Crippen LogP contribution in [-0.4, -0.2) is 16.6 Å². The van der Waals surface area contributed by atoms with Crippen molar-refractivity contribution in [2.45, 2.75) is 46.1 Å². The van der Waals surface area contributed by atoms with E-state index in [0.717, 1.165) is 17.9 Å². The van der Waals surface area contributed by atoms with Gasteiger partial charge in [-0.25, -0.2) is 9.97 Å². The van der Waals surface area contributed by atoms with Crippen molar-refractivity contribution in [3.05, 3.63) is 17.6 Å². The van der Waals surface area contributed by atoms with Crippen molar-refractivity contribution in [2.24, 2.45) is 11.8 Å². The van der Waals surface area contributed by atoms with Crippen molar-refractivity contribution in [3.8, 4) is 0 Å². The summed E-state index contributed by atoms with van der Waals surface area (Å²) in [6.45, 7) is 7.06. The molecule has 1 aliphatic carbocycles. The third kappa shape index (κ3) is 3.42. The van der Waals surface area contributed by atoms with Crippen LogP contribution in [0.25, 0.3) is 0 Å². The van der Waals surface area contributed by atoms with E-state index in [1.807, 2.05) is 13.0 Å². The molecule has 0 radical (unpaired) electrons. The first-order valence-corrected chi connectivity index (χ1v) is 6.85. The van der Waals surface area contributed by atoms with Gasteiger partial charge in [0.1, 0.15) is 11.9 Å². The lowest BCUT2D eigenvalue weighted by Crippen LogP contribution is -2.14. The Morgan fingerprint density at radius 2 is 2.11 bits per heavy atom. The van der Waals surface area contributed by atoms with Gasteiger partial charge >= 0.3 is 0 Å². The van der Waals surface area contributed by atoms with Gasteiger partial charge in [0.2, 0.25) is 0 Å². The molecule has 0 bridgehead atoms. The maximum Gasteiger partial charge on any atom is 0.160 e. The Morgan fingerprint density at radius 3 is 2.67 bits per heavy atom.